The molecule has 3 N–H and O–H groups in total. The fourth-order valence-electron chi connectivity index (χ4n) is 10.7. The molecule has 0 aromatic rings. The van der Waals surface area contributed by atoms with Crippen LogP contribution in [0, 0.1) is 0 Å². The van der Waals surface area contributed by atoms with Crippen molar-refractivity contribution in [2.24, 2.45) is 0 Å². The number of aliphatic hydroxyl groups excluding tert-OH is 2. The van der Waals surface area contributed by atoms with Crippen LogP contribution in [0.2, 0.25) is 0 Å². The topological polar surface area (TPSA) is 95.9 Å². The Bertz CT molecular complexity index is 1100. The Balaban J connectivity index is 3.30. The van der Waals surface area contributed by atoms with Crippen LogP contribution in [0.5, 0.6) is 0 Å². The third-order valence-corrected chi connectivity index (χ3v) is 15.8. The van der Waals surface area contributed by atoms with E-state index in [-0.39, 0.29) is 18.5 Å². The molecule has 6 nitrogen and oxygen atoms in total. The van der Waals surface area contributed by atoms with Crippen molar-refractivity contribution in [3.63, 3.8) is 0 Å². The minimum absolute atomic E-state index is 0.0162. The molecule has 0 rings (SSSR count). The lowest BCUT2D eigenvalue weighted by molar-refractivity contribution is -0.143. The van der Waals surface area contributed by atoms with Crippen LogP contribution in [0.1, 0.15) is 380 Å². The number of hydrogen-bond donors (Lipinski definition) is 3. The number of rotatable bonds is 63. The van der Waals surface area contributed by atoms with E-state index in [2.05, 4.69) is 31.3 Å². The quantitative estimate of drug-likeness (QED) is 0.0320. The van der Waals surface area contributed by atoms with E-state index in [0.29, 0.717) is 25.9 Å². The summed E-state index contributed by atoms with van der Waals surface area (Å²) < 4.78 is 5.50. The van der Waals surface area contributed by atoms with Crippen molar-refractivity contribution in [3.8, 4) is 0 Å². The molecular formula is C67H131NO5. The van der Waals surface area contributed by atoms with E-state index in [1.165, 1.54) is 302 Å². The zero-order valence-corrected chi connectivity index (χ0v) is 49.6. The minimum Gasteiger partial charge on any atom is -0.466 e. The number of carbonyl (C=O) groups excluding carboxylic acids is 2. The Labute approximate surface area is 457 Å². The molecule has 0 aliphatic heterocycles. The maximum Gasteiger partial charge on any atom is 0.305 e. The summed E-state index contributed by atoms with van der Waals surface area (Å²) in [6.07, 6.45) is 76.8. The second kappa shape index (κ2) is 63.1. The van der Waals surface area contributed by atoms with Crippen LogP contribution < -0.4 is 5.32 Å². The number of allylic oxidation sites excluding steroid dienone is 2. The third kappa shape index (κ3) is 59.7. The van der Waals surface area contributed by atoms with Crippen molar-refractivity contribution >= 4 is 11.9 Å². The summed E-state index contributed by atoms with van der Waals surface area (Å²) in [7, 11) is 0. The Hall–Kier alpha value is -1.40. The van der Waals surface area contributed by atoms with Gasteiger partial charge in [-0.3, -0.25) is 9.59 Å². The maximum absolute atomic E-state index is 12.5. The Morgan fingerprint density at radius 3 is 0.973 bits per heavy atom. The van der Waals surface area contributed by atoms with Gasteiger partial charge in [0, 0.05) is 12.8 Å². The van der Waals surface area contributed by atoms with Crippen LogP contribution in [-0.2, 0) is 14.3 Å². The van der Waals surface area contributed by atoms with Crippen molar-refractivity contribution < 1.29 is 24.5 Å². The van der Waals surface area contributed by atoms with Crippen LogP contribution in [0.3, 0.4) is 0 Å². The highest BCUT2D eigenvalue weighted by molar-refractivity contribution is 5.76. The molecular weight excluding hydrogens is 899 g/mol. The summed E-state index contributed by atoms with van der Waals surface area (Å²) in [5, 5.41) is 23.2. The van der Waals surface area contributed by atoms with Gasteiger partial charge in [0.15, 0.2) is 0 Å². The summed E-state index contributed by atoms with van der Waals surface area (Å²) in [4.78, 5) is 24.5. The van der Waals surface area contributed by atoms with Crippen LogP contribution in [0.4, 0.5) is 0 Å². The summed E-state index contributed by atoms with van der Waals surface area (Å²) in [6, 6.07) is -0.537. The lowest BCUT2D eigenvalue weighted by Crippen LogP contribution is -2.45. The van der Waals surface area contributed by atoms with Gasteiger partial charge >= 0.3 is 5.97 Å². The molecule has 0 aromatic heterocycles. The number of aliphatic hydroxyl groups is 2. The second-order valence-corrected chi connectivity index (χ2v) is 23.2. The van der Waals surface area contributed by atoms with Gasteiger partial charge in [-0.15, -0.1) is 0 Å². The van der Waals surface area contributed by atoms with Crippen molar-refractivity contribution in [3.05, 3.63) is 12.2 Å². The van der Waals surface area contributed by atoms with Crippen molar-refractivity contribution in [1.29, 1.82) is 0 Å². The molecule has 0 bridgehead atoms. The first kappa shape index (κ1) is 71.6. The molecule has 0 aliphatic carbocycles. The number of esters is 1. The van der Waals surface area contributed by atoms with Crippen molar-refractivity contribution in [2.45, 2.75) is 392 Å². The van der Waals surface area contributed by atoms with Crippen LogP contribution in [0.25, 0.3) is 0 Å². The smallest absolute Gasteiger partial charge is 0.305 e. The Morgan fingerprint density at radius 1 is 0.370 bits per heavy atom. The highest BCUT2D eigenvalue weighted by atomic mass is 16.5. The van der Waals surface area contributed by atoms with Crippen LogP contribution in [-0.4, -0.2) is 47.4 Å². The summed E-state index contributed by atoms with van der Waals surface area (Å²) >= 11 is 0. The lowest BCUT2D eigenvalue weighted by atomic mass is 10.0. The Morgan fingerprint density at radius 2 is 0.644 bits per heavy atom. The predicted octanol–water partition coefficient (Wildman–Crippen LogP) is 21.2. The highest BCUT2D eigenvalue weighted by Crippen LogP contribution is 2.19. The SMILES string of the molecule is CCCCCCCC/C=C\CCCCCCCCCC(=O)OCCCCCCCCCCCCCCCCCCCCCCCCCCCCCCC(=O)NC(CO)C(O)CCCCCCCCCCCCC. The summed E-state index contributed by atoms with van der Waals surface area (Å²) in [5.41, 5.74) is 0. The second-order valence-electron chi connectivity index (χ2n) is 23.2. The van der Waals surface area contributed by atoms with E-state index in [0.717, 1.165) is 44.9 Å². The molecule has 0 fully saturated rings. The number of ether oxygens (including phenoxy) is 1. The van der Waals surface area contributed by atoms with Gasteiger partial charge in [0.05, 0.1) is 25.4 Å². The van der Waals surface area contributed by atoms with E-state index in [1.807, 2.05) is 0 Å². The van der Waals surface area contributed by atoms with E-state index in [9.17, 15) is 19.8 Å². The molecule has 0 heterocycles. The van der Waals surface area contributed by atoms with E-state index >= 15 is 0 Å². The standard InChI is InChI=1S/C67H131NO5/c1-3-5-7-9-11-13-15-16-17-30-34-37-41-45-49-53-57-61-67(72)73-62-58-54-50-46-42-38-35-32-29-27-25-23-21-19-18-20-22-24-26-28-31-33-36-40-44-48-52-56-60-66(71)68-64(63-69)65(70)59-55-51-47-43-39-14-12-10-8-6-4-2/h16-17,64-65,69-70H,3-15,18-63H2,1-2H3,(H,68,71)/b17-16-. The van der Waals surface area contributed by atoms with E-state index < -0.39 is 12.1 Å². The van der Waals surface area contributed by atoms with Crippen LogP contribution >= 0.6 is 0 Å². The van der Waals surface area contributed by atoms with Crippen molar-refractivity contribution in [2.75, 3.05) is 13.2 Å². The largest absolute Gasteiger partial charge is 0.466 e. The zero-order valence-electron chi connectivity index (χ0n) is 49.6. The van der Waals surface area contributed by atoms with Gasteiger partial charge in [0.25, 0.3) is 0 Å². The average molecular weight is 1030 g/mol. The minimum atomic E-state index is -0.660. The van der Waals surface area contributed by atoms with Gasteiger partial charge in [-0.25, -0.2) is 0 Å². The Kier molecular flexibility index (Phi) is 61.9. The first-order valence-corrected chi connectivity index (χ1v) is 33.4. The fourth-order valence-corrected chi connectivity index (χ4v) is 10.7. The summed E-state index contributed by atoms with van der Waals surface area (Å²) in [6.45, 7) is 4.97. The molecule has 0 aliphatic rings. The average Bonchev–Trinajstić information content (AvgIpc) is 3.39. The molecule has 0 radical (unpaired) electrons. The predicted molar refractivity (Wildman–Crippen MR) is 320 cm³/mol. The van der Waals surface area contributed by atoms with Gasteiger partial charge in [-0.05, 0) is 51.4 Å². The molecule has 0 saturated heterocycles. The van der Waals surface area contributed by atoms with Gasteiger partial charge in [-0.2, -0.15) is 0 Å². The summed E-state index contributed by atoms with van der Waals surface area (Å²) in [5.74, 6) is -0.0147. The molecule has 2 atom stereocenters. The van der Waals surface area contributed by atoms with Gasteiger partial charge < -0.3 is 20.3 Å². The molecule has 434 valence electrons. The van der Waals surface area contributed by atoms with E-state index in [4.69, 9.17) is 4.74 Å². The number of amides is 1. The lowest BCUT2D eigenvalue weighted by Gasteiger charge is -2.22. The number of hydrogen-bond acceptors (Lipinski definition) is 5. The first-order chi connectivity index (χ1) is 36.0. The highest BCUT2D eigenvalue weighted by Gasteiger charge is 2.20. The number of carbonyl (C=O) groups is 2. The van der Waals surface area contributed by atoms with Gasteiger partial charge in [0.1, 0.15) is 0 Å². The number of unbranched alkanes of at least 4 members (excludes halogenated alkanes) is 50. The molecule has 6 heteroatoms. The van der Waals surface area contributed by atoms with Gasteiger partial charge in [0.2, 0.25) is 5.91 Å². The fraction of sp³-hybridized carbons (Fsp3) is 0.940. The monoisotopic (exact) mass is 1030 g/mol. The zero-order chi connectivity index (χ0) is 52.9. The number of nitrogens with one attached hydrogen (secondary N) is 1. The third-order valence-electron chi connectivity index (χ3n) is 15.8. The van der Waals surface area contributed by atoms with Crippen molar-refractivity contribution in [1.82, 2.24) is 5.32 Å². The molecule has 0 spiro atoms. The normalized spacial score (nSPS) is 12.5. The van der Waals surface area contributed by atoms with Crippen LogP contribution in [0.15, 0.2) is 12.2 Å². The molecule has 2 unspecified atom stereocenters. The molecule has 0 aromatic carbocycles. The first-order valence-electron chi connectivity index (χ1n) is 33.4. The molecule has 73 heavy (non-hydrogen) atoms. The maximum atomic E-state index is 12.5. The van der Waals surface area contributed by atoms with Gasteiger partial charge in [-0.1, -0.05) is 328 Å². The van der Waals surface area contributed by atoms with E-state index in [1.54, 1.807) is 0 Å². The molecule has 0 saturated carbocycles. The molecule has 1 amide bonds.